The zero-order valence-corrected chi connectivity index (χ0v) is 26.3. The van der Waals surface area contributed by atoms with Crippen molar-refractivity contribution in [3.05, 3.63) is 163 Å². The Morgan fingerprint density at radius 1 is 0.733 bits per heavy atom. The molecule has 0 saturated carbocycles. The summed E-state index contributed by atoms with van der Waals surface area (Å²) >= 11 is 0. The zero-order valence-electron chi connectivity index (χ0n) is 29.9. The molecule has 45 heavy (non-hydrogen) atoms. The molecule has 5 aromatic carbocycles. The maximum absolute atomic E-state index is 7.68. The van der Waals surface area contributed by atoms with E-state index in [-0.39, 0.29) is 31.2 Å². The molecule has 0 amide bonds. The second-order valence-electron chi connectivity index (χ2n) is 10.2. The molecule has 0 atom stereocenters. The molecule has 221 valence electrons. The summed E-state index contributed by atoms with van der Waals surface area (Å²) in [6, 6.07) is 45.3. The van der Waals surface area contributed by atoms with Crippen molar-refractivity contribution < 1.29 is 32.7 Å². The van der Waals surface area contributed by atoms with E-state index in [1.54, 1.807) is 36.4 Å². The molecule has 3 heterocycles. The molecule has 0 fully saturated rings. The van der Waals surface area contributed by atoms with E-state index in [9.17, 15) is 0 Å². The zero-order chi connectivity index (χ0) is 34.9. The molecule has 0 aliphatic heterocycles. The summed E-state index contributed by atoms with van der Waals surface area (Å²) < 4.78 is 52.5. The molecule has 1 radical (unpaired) electrons. The average Bonchev–Trinajstić information content (AvgIpc) is 3.73. The summed E-state index contributed by atoms with van der Waals surface area (Å²) in [6.07, 6.45) is 4.37. The van der Waals surface area contributed by atoms with Gasteiger partial charge in [-0.05, 0) is 60.4 Å². The van der Waals surface area contributed by atoms with Gasteiger partial charge in [-0.25, -0.2) is 0 Å². The quantitative estimate of drug-likeness (QED) is 0.168. The first-order valence-electron chi connectivity index (χ1n) is 17.1. The van der Waals surface area contributed by atoms with E-state index in [4.69, 9.17) is 17.6 Å². The van der Waals surface area contributed by atoms with Crippen LogP contribution < -0.4 is 0 Å². The fraction of sp³-hybridized carbons (Fsp3) is 0.0500. The summed E-state index contributed by atoms with van der Waals surface area (Å²) in [6.45, 7) is -4.29. The van der Waals surface area contributed by atoms with Gasteiger partial charge in [-0.2, -0.15) is 0 Å². The Labute approximate surface area is 284 Å². The van der Waals surface area contributed by atoms with Crippen molar-refractivity contribution in [2.75, 3.05) is 0 Å². The number of hydrogen-bond donors (Lipinski definition) is 0. The second kappa shape index (κ2) is 13.3. The fourth-order valence-corrected chi connectivity index (χ4v) is 5.13. The Morgan fingerprint density at radius 3 is 2.24 bits per heavy atom. The number of aryl methyl sites for hydroxylation is 2. The van der Waals surface area contributed by atoms with Crippen LogP contribution in [-0.2, 0) is 20.1 Å². The summed E-state index contributed by atoms with van der Waals surface area (Å²) in [7, 11) is 0. The van der Waals surface area contributed by atoms with Crippen LogP contribution in [0.4, 0.5) is 0 Å². The topological polar surface area (TPSA) is 43.9 Å². The van der Waals surface area contributed by atoms with E-state index < -0.39 is 13.7 Å². The maximum atomic E-state index is 7.68. The van der Waals surface area contributed by atoms with Crippen LogP contribution in [-0.4, -0.2) is 14.5 Å². The van der Waals surface area contributed by atoms with Gasteiger partial charge in [0, 0.05) is 52.1 Å². The van der Waals surface area contributed by atoms with Crippen molar-refractivity contribution >= 4 is 22.0 Å². The van der Waals surface area contributed by atoms with E-state index in [0.717, 1.165) is 44.5 Å². The van der Waals surface area contributed by atoms with Crippen LogP contribution in [0.3, 0.4) is 0 Å². The number of nitrogens with zero attached hydrogens (tertiary/aromatic N) is 3. The van der Waals surface area contributed by atoms with Crippen LogP contribution in [0.15, 0.2) is 144 Å². The van der Waals surface area contributed by atoms with E-state index in [2.05, 4.69) is 58.3 Å². The van der Waals surface area contributed by atoms with Gasteiger partial charge in [0.25, 0.3) is 0 Å². The number of hydrogen-bond acceptors (Lipinski definition) is 3. The van der Waals surface area contributed by atoms with Gasteiger partial charge in [-0.15, -0.1) is 42.0 Å². The van der Waals surface area contributed by atoms with E-state index in [1.807, 2.05) is 60.7 Å². The Balaban J connectivity index is 0.000000222. The molecule has 0 unspecified atom stereocenters. The van der Waals surface area contributed by atoms with Gasteiger partial charge in [-0.3, -0.25) is 4.98 Å². The van der Waals surface area contributed by atoms with Gasteiger partial charge in [0.2, 0.25) is 0 Å². The van der Waals surface area contributed by atoms with E-state index >= 15 is 0 Å². The predicted octanol–water partition coefficient (Wildman–Crippen LogP) is 10.1. The monoisotopic (exact) mass is 766 g/mol. The van der Waals surface area contributed by atoms with Crippen LogP contribution >= 0.6 is 0 Å². The fourth-order valence-electron chi connectivity index (χ4n) is 5.13. The molecule has 0 aliphatic rings. The number of fused-ring (bicyclic) bond motifs is 2. The molecule has 0 saturated heterocycles. The number of aromatic nitrogens is 3. The van der Waals surface area contributed by atoms with Crippen molar-refractivity contribution in [1.29, 1.82) is 0 Å². The molecule has 4 nitrogen and oxygen atoms in total. The minimum atomic E-state index is -2.20. The van der Waals surface area contributed by atoms with Crippen LogP contribution in [0.1, 0.15) is 19.4 Å². The van der Waals surface area contributed by atoms with E-state index in [0.29, 0.717) is 17.0 Å². The Bertz CT molecular complexity index is 2390. The Hall–Kier alpha value is -5.09. The number of imidazole rings is 1. The number of rotatable bonds is 4. The molecule has 3 aromatic heterocycles. The van der Waals surface area contributed by atoms with Crippen LogP contribution in [0.5, 0.6) is 0 Å². The molecule has 8 aromatic rings. The van der Waals surface area contributed by atoms with Crippen LogP contribution in [0.2, 0.25) is 0 Å². The molecule has 5 heteroatoms. The summed E-state index contributed by atoms with van der Waals surface area (Å²) in [4.78, 5) is 9.02. The summed E-state index contributed by atoms with van der Waals surface area (Å²) in [5.74, 6) is 0.689. The third-order valence-corrected chi connectivity index (χ3v) is 7.28. The first-order chi connectivity index (χ1) is 24.1. The average molecular weight is 766 g/mol. The van der Waals surface area contributed by atoms with Crippen molar-refractivity contribution in [2.24, 2.45) is 0 Å². The van der Waals surface area contributed by atoms with E-state index in [1.165, 1.54) is 6.20 Å². The van der Waals surface area contributed by atoms with Crippen molar-refractivity contribution in [3.63, 3.8) is 0 Å². The third kappa shape index (κ3) is 6.27. The number of para-hydroxylation sites is 2. The van der Waals surface area contributed by atoms with Gasteiger partial charge in [0.15, 0.2) is 0 Å². The maximum Gasteiger partial charge on any atom is 0.0774 e. The number of furan rings is 1. The Kier molecular flexibility index (Phi) is 6.88. The first kappa shape index (κ1) is 23.3. The van der Waals surface area contributed by atoms with Gasteiger partial charge >= 0.3 is 0 Å². The van der Waals surface area contributed by atoms with Crippen LogP contribution in [0.25, 0.3) is 61.5 Å². The van der Waals surface area contributed by atoms with Gasteiger partial charge in [0.05, 0.1) is 16.9 Å². The number of benzene rings is 5. The minimum Gasteiger partial charge on any atom is -0.557 e. The van der Waals surface area contributed by atoms with Crippen LogP contribution in [0, 0.1) is 26.0 Å². The second-order valence-corrected chi connectivity index (χ2v) is 10.2. The van der Waals surface area contributed by atoms with Gasteiger partial charge in [-0.1, -0.05) is 95.4 Å². The molecule has 8 rings (SSSR count). The summed E-state index contributed by atoms with van der Waals surface area (Å²) in [5, 5.41) is 0.769. The third-order valence-electron chi connectivity index (χ3n) is 7.28. The molecule has 0 spiro atoms. The largest absolute Gasteiger partial charge is 0.557 e. The Morgan fingerprint density at radius 2 is 1.49 bits per heavy atom. The molecular formula is C40H29IrN3O-2. The van der Waals surface area contributed by atoms with Crippen molar-refractivity contribution in [3.8, 4) is 39.5 Å². The molecular weight excluding hydrogens is 731 g/mol. The SMILES string of the molecule is [2H]C([2H])([2H])c1ccc(-c2[c-]cccc2)nc1.[2H]C([2H])([2H])c1ccc2c(-c3nc4ccccc4n3-c3ccc(-c4ccccc4)cc3)[c-]oc2c1.[Ir]. The first-order valence-corrected chi connectivity index (χ1v) is 14.1. The number of pyridine rings is 1. The van der Waals surface area contributed by atoms with Gasteiger partial charge < -0.3 is 14.0 Å². The van der Waals surface area contributed by atoms with Crippen molar-refractivity contribution in [2.45, 2.75) is 13.7 Å². The summed E-state index contributed by atoms with van der Waals surface area (Å²) in [5.41, 5.74) is 8.32. The molecule has 0 N–H and O–H groups in total. The smallest absolute Gasteiger partial charge is 0.0774 e. The standard InChI is InChI=1S/C28H19N2O.C12H10N.Ir/c1-19-11-16-23-24(18-31-27(23)17-19)28-29-25-9-5-6-10-26(25)30(28)22-14-12-21(13-15-22)20-7-3-2-4-8-20;1-10-7-8-12(13-9-10)11-5-3-2-4-6-11;/h2-17H,1H3;2-5,7-9H,1H3;/q2*-1;/i2*1D3;. The minimum absolute atomic E-state index is 0. The van der Waals surface area contributed by atoms with Gasteiger partial charge in [0.1, 0.15) is 0 Å². The molecule has 0 aliphatic carbocycles. The predicted molar refractivity (Wildman–Crippen MR) is 179 cm³/mol. The molecule has 0 bridgehead atoms. The normalized spacial score (nSPS) is 13.2. The van der Waals surface area contributed by atoms with Crippen molar-refractivity contribution in [1.82, 2.24) is 14.5 Å².